The maximum Gasteiger partial charge on any atom is 0.295 e. The quantitative estimate of drug-likeness (QED) is 0.384. The van der Waals surface area contributed by atoms with Gasteiger partial charge in [0, 0.05) is 18.7 Å². The van der Waals surface area contributed by atoms with E-state index >= 15 is 0 Å². The van der Waals surface area contributed by atoms with E-state index in [1.165, 1.54) is 0 Å². The first-order valence-electron chi connectivity index (χ1n) is 11.0. The predicted octanol–water partition coefficient (Wildman–Crippen LogP) is 4.08. The standard InChI is InChI=1S/C26H32N2O4/c1-6-27(7-2)14-15-28-23(19-10-8-17(3)9-11-19)22(25(30)26(28)31)24(29)20-12-13-21(32-5)18(4)16-20/h8-13,16,23,29H,6-7,14-15H2,1-5H3/b24-22+/t23-/m1/s1. The molecule has 1 fully saturated rings. The number of likely N-dealkylation sites (tertiary alicyclic amines) is 1. The first kappa shape index (κ1) is 23.5. The molecule has 0 aromatic heterocycles. The monoisotopic (exact) mass is 436 g/mol. The average Bonchev–Trinajstić information content (AvgIpc) is 3.04. The second-order valence-corrected chi connectivity index (χ2v) is 8.11. The highest BCUT2D eigenvalue weighted by Crippen LogP contribution is 2.39. The Balaban J connectivity index is 2.10. The third-order valence-electron chi connectivity index (χ3n) is 6.15. The number of aryl methyl sites for hydroxylation is 2. The third-order valence-corrected chi connectivity index (χ3v) is 6.15. The number of amides is 1. The highest BCUT2D eigenvalue weighted by Gasteiger charge is 2.45. The van der Waals surface area contributed by atoms with Crippen molar-refractivity contribution in [1.82, 2.24) is 9.80 Å². The molecule has 6 nitrogen and oxygen atoms in total. The summed E-state index contributed by atoms with van der Waals surface area (Å²) in [5, 5.41) is 11.2. The Morgan fingerprint density at radius 1 is 1.06 bits per heavy atom. The lowest BCUT2D eigenvalue weighted by Crippen LogP contribution is -2.38. The van der Waals surface area contributed by atoms with E-state index in [1.807, 2.05) is 38.1 Å². The lowest BCUT2D eigenvalue weighted by atomic mass is 9.94. The largest absolute Gasteiger partial charge is 0.507 e. The van der Waals surface area contributed by atoms with Gasteiger partial charge in [-0.1, -0.05) is 43.7 Å². The summed E-state index contributed by atoms with van der Waals surface area (Å²) >= 11 is 0. The summed E-state index contributed by atoms with van der Waals surface area (Å²) in [6, 6.07) is 12.3. The molecule has 0 unspecified atom stereocenters. The van der Waals surface area contributed by atoms with Crippen LogP contribution in [0.4, 0.5) is 0 Å². The number of ether oxygens (including phenoxy) is 1. The number of methoxy groups -OCH3 is 1. The van der Waals surface area contributed by atoms with E-state index in [0.717, 1.165) is 29.8 Å². The number of carbonyl (C=O) groups excluding carboxylic acids is 2. The van der Waals surface area contributed by atoms with Crippen LogP contribution in [-0.2, 0) is 9.59 Å². The van der Waals surface area contributed by atoms with E-state index in [0.29, 0.717) is 24.4 Å². The highest BCUT2D eigenvalue weighted by molar-refractivity contribution is 6.46. The van der Waals surface area contributed by atoms with Crippen molar-refractivity contribution in [3.05, 3.63) is 70.3 Å². The summed E-state index contributed by atoms with van der Waals surface area (Å²) < 4.78 is 5.31. The van der Waals surface area contributed by atoms with E-state index in [-0.39, 0.29) is 11.3 Å². The second kappa shape index (κ2) is 10.0. The van der Waals surface area contributed by atoms with Gasteiger partial charge in [-0.05, 0) is 56.3 Å². The minimum atomic E-state index is -0.652. The zero-order chi connectivity index (χ0) is 23.4. The molecule has 2 aromatic rings. The number of aliphatic hydroxyl groups excluding tert-OH is 1. The fourth-order valence-corrected chi connectivity index (χ4v) is 4.18. The number of carbonyl (C=O) groups is 2. The summed E-state index contributed by atoms with van der Waals surface area (Å²) in [7, 11) is 1.58. The molecule has 0 radical (unpaired) electrons. The number of nitrogens with zero attached hydrogens (tertiary/aromatic N) is 2. The maximum absolute atomic E-state index is 13.1. The number of rotatable bonds is 8. The van der Waals surface area contributed by atoms with Crippen molar-refractivity contribution >= 4 is 17.4 Å². The Labute approximate surface area is 190 Å². The van der Waals surface area contributed by atoms with Crippen LogP contribution in [0, 0.1) is 13.8 Å². The molecule has 1 aliphatic heterocycles. The minimum Gasteiger partial charge on any atom is -0.507 e. The number of ketones is 1. The SMILES string of the molecule is CCN(CC)CCN1C(=O)C(=O)/C(=C(/O)c2ccc(OC)c(C)c2)[C@H]1c1ccc(C)cc1. The summed E-state index contributed by atoms with van der Waals surface area (Å²) in [6.07, 6.45) is 0. The van der Waals surface area contributed by atoms with Crippen LogP contribution in [0.1, 0.15) is 42.1 Å². The second-order valence-electron chi connectivity index (χ2n) is 8.11. The molecule has 1 amide bonds. The van der Waals surface area contributed by atoms with Gasteiger partial charge in [-0.15, -0.1) is 0 Å². The van der Waals surface area contributed by atoms with Crippen molar-refractivity contribution < 1.29 is 19.4 Å². The van der Waals surface area contributed by atoms with Gasteiger partial charge in [-0.2, -0.15) is 0 Å². The van der Waals surface area contributed by atoms with E-state index < -0.39 is 17.7 Å². The van der Waals surface area contributed by atoms with Crippen LogP contribution in [0.5, 0.6) is 5.75 Å². The molecule has 3 rings (SSSR count). The Kier molecular flexibility index (Phi) is 7.36. The molecule has 170 valence electrons. The van der Waals surface area contributed by atoms with E-state index in [4.69, 9.17) is 4.74 Å². The van der Waals surface area contributed by atoms with Crippen LogP contribution in [0.2, 0.25) is 0 Å². The molecule has 1 N–H and O–H groups in total. The molecular weight excluding hydrogens is 404 g/mol. The molecule has 1 aliphatic rings. The summed E-state index contributed by atoms with van der Waals surface area (Å²) in [6.45, 7) is 10.8. The van der Waals surface area contributed by atoms with Gasteiger partial charge < -0.3 is 19.6 Å². The van der Waals surface area contributed by atoms with Gasteiger partial charge in [0.2, 0.25) is 0 Å². The number of Topliss-reactive ketones (excluding diaryl/α,β-unsaturated/α-hetero) is 1. The molecule has 6 heteroatoms. The molecule has 1 atom stereocenters. The lowest BCUT2D eigenvalue weighted by molar-refractivity contribution is -0.140. The van der Waals surface area contributed by atoms with Crippen molar-refractivity contribution in [2.24, 2.45) is 0 Å². The zero-order valence-corrected chi connectivity index (χ0v) is 19.5. The summed E-state index contributed by atoms with van der Waals surface area (Å²) in [4.78, 5) is 30.0. The summed E-state index contributed by atoms with van der Waals surface area (Å²) in [5.41, 5.74) is 3.34. The van der Waals surface area contributed by atoms with Crippen LogP contribution in [-0.4, -0.2) is 59.9 Å². The van der Waals surface area contributed by atoms with Crippen molar-refractivity contribution in [1.29, 1.82) is 0 Å². The third kappa shape index (κ3) is 4.55. The van der Waals surface area contributed by atoms with E-state index in [9.17, 15) is 14.7 Å². The number of hydrogen-bond donors (Lipinski definition) is 1. The van der Waals surface area contributed by atoms with Crippen LogP contribution < -0.4 is 4.74 Å². The molecule has 0 spiro atoms. The topological polar surface area (TPSA) is 70.1 Å². The van der Waals surface area contributed by atoms with Crippen molar-refractivity contribution in [3.8, 4) is 5.75 Å². The predicted molar refractivity (Wildman–Crippen MR) is 126 cm³/mol. The van der Waals surface area contributed by atoms with Gasteiger partial charge in [0.25, 0.3) is 11.7 Å². The molecule has 1 saturated heterocycles. The van der Waals surface area contributed by atoms with Gasteiger partial charge in [0.15, 0.2) is 0 Å². The van der Waals surface area contributed by atoms with Gasteiger partial charge in [-0.25, -0.2) is 0 Å². The van der Waals surface area contributed by atoms with Crippen LogP contribution >= 0.6 is 0 Å². The number of aliphatic hydroxyl groups is 1. The first-order valence-corrected chi connectivity index (χ1v) is 11.0. The molecule has 0 saturated carbocycles. The maximum atomic E-state index is 13.1. The number of benzene rings is 2. The zero-order valence-electron chi connectivity index (χ0n) is 19.5. The summed E-state index contributed by atoms with van der Waals surface area (Å²) in [5.74, 6) is -0.697. The first-order chi connectivity index (χ1) is 15.3. The molecule has 0 bridgehead atoms. The molecular formula is C26H32N2O4. The van der Waals surface area contributed by atoms with Crippen LogP contribution in [0.15, 0.2) is 48.0 Å². The lowest BCUT2D eigenvalue weighted by Gasteiger charge is -2.28. The normalized spacial score (nSPS) is 17.9. The smallest absolute Gasteiger partial charge is 0.295 e. The number of likely N-dealkylation sites (N-methyl/N-ethyl adjacent to an activating group) is 1. The van der Waals surface area contributed by atoms with Gasteiger partial charge in [0.05, 0.1) is 18.7 Å². The Bertz CT molecular complexity index is 1020. The van der Waals surface area contributed by atoms with Crippen LogP contribution in [0.3, 0.4) is 0 Å². The molecule has 32 heavy (non-hydrogen) atoms. The van der Waals surface area contributed by atoms with Crippen molar-refractivity contribution in [2.45, 2.75) is 33.7 Å². The van der Waals surface area contributed by atoms with Gasteiger partial charge in [-0.3, -0.25) is 9.59 Å². The fraction of sp³-hybridized carbons (Fsp3) is 0.385. The molecule has 0 aliphatic carbocycles. The highest BCUT2D eigenvalue weighted by atomic mass is 16.5. The van der Waals surface area contributed by atoms with E-state index in [2.05, 4.69) is 18.7 Å². The Morgan fingerprint density at radius 3 is 2.28 bits per heavy atom. The molecule has 1 heterocycles. The Morgan fingerprint density at radius 2 is 1.72 bits per heavy atom. The fourth-order valence-electron chi connectivity index (χ4n) is 4.18. The van der Waals surface area contributed by atoms with E-state index in [1.54, 1.807) is 30.2 Å². The Hall–Kier alpha value is -3.12. The average molecular weight is 437 g/mol. The minimum absolute atomic E-state index is 0.128. The van der Waals surface area contributed by atoms with Crippen molar-refractivity contribution in [3.63, 3.8) is 0 Å². The molecule has 2 aromatic carbocycles. The number of hydrogen-bond acceptors (Lipinski definition) is 5. The van der Waals surface area contributed by atoms with Gasteiger partial charge >= 0.3 is 0 Å². The van der Waals surface area contributed by atoms with Gasteiger partial charge in [0.1, 0.15) is 11.5 Å². The van der Waals surface area contributed by atoms with Crippen LogP contribution in [0.25, 0.3) is 5.76 Å². The van der Waals surface area contributed by atoms with Crippen molar-refractivity contribution in [2.75, 3.05) is 33.3 Å².